The monoisotopic (exact) mass is 350 g/mol. The maximum Gasteiger partial charge on any atom is 0.246 e. The molecule has 1 saturated carbocycles. The fourth-order valence-corrected chi connectivity index (χ4v) is 3.65. The van der Waals surface area contributed by atoms with Crippen LogP contribution in [-0.2, 0) is 27.5 Å². The van der Waals surface area contributed by atoms with Gasteiger partial charge in [0.2, 0.25) is 17.7 Å². The molecule has 2 amide bonds. The van der Waals surface area contributed by atoms with Crippen LogP contribution in [0.15, 0.2) is 4.52 Å². The van der Waals surface area contributed by atoms with Gasteiger partial charge in [-0.25, -0.2) is 0 Å². The predicted molar refractivity (Wildman–Crippen MR) is 88.1 cm³/mol. The molecule has 8 heteroatoms. The van der Waals surface area contributed by atoms with E-state index in [1.54, 1.807) is 7.11 Å². The molecule has 0 radical (unpaired) electrons. The number of methoxy groups -OCH3 is 1. The molecule has 1 N–H and O–H groups in total. The average molecular weight is 350 g/mol. The van der Waals surface area contributed by atoms with Gasteiger partial charge in [0.1, 0.15) is 6.61 Å². The molecular weight excluding hydrogens is 324 g/mol. The van der Waals surface area contributed by atoms with E-state index in [1.807, 2.05) is 4.90 Å². The van der Waals surface area contributed by atoms with Crippen LogP contribution in [-0.4, -0.2) is 47.1 Å². The number of aromatic nitrogens is 2. The van der Waals surface area contributed by atoms with Crippen LogP contribution < -0.4 is 5.32 Å². The van der Waals surface area contributed by atoms with Crippen LogP contribution in [0.3, 0.4) is 0 Å². The second-order valence-corrected chi connectivity index (χ2v) is 6.84. The summed E-state index contributed by atoms with van der Waals surface area (Å²) in [4.78, 5) is 30.8. The largest absolute Gasteiger partial charge is 0.377 e. The third-order valence-corrected chi connectivity index (χ3v) is 5.08. The number of carbonyl (C=O) groups is 2. The van der Waals surface area contributed by atoms with Gasteiger partial charge in [-0.05, 0) is 25.7 Å². The molecule has 0 aromatic carbocycles. The molecule has 25 heavy (non-hydrogen) atoms. The second-order valence-electron chi connectivity index (χ2n) is 6.84. The molecule has 1 aliphatic heterocycles. The van der Waals surface area contributed by atoms with Gasteiger partial charge in [-0.15, -0.1) is 0 Å². The summed E-state index contributed by atoms with van der Waals surface area (Å²) in [6.07, 6.45) is 5.79. The summed E-state index contributed by atoms with van der Waals surface area (Å²) in [5, 5.41) is 6.60. The van der Waals surface area contributed by atoms with Crippen LogP contribution >= 0.6 is 0 Å². The van der Waals surface area contributed by atoms with Crippen LogP contribution in [0, 0.1) is 11.8 Å². The fraction of sp³-hybridized carbons (Fsp3) is 0.765. The number of piperidine rings is 1. The predicted octanol–water partition coefficient (Wildman–Crippen LogP) is 1.26. The van der Waals surface area contributed by atoms with Crippen molar-refractivity contribution in [2.75, 3.05) is 20.2 Å². The molecule has 1 aromatic rings. The first-order valence-electron chi connectivity index (χ1n) is 9.04. The van der Waals surface area contributed by atoms with Gasteiger partial charge >= 0.3 is 0 Å². The zero-order chi connectivity index (χ0) is 17.6. The van der Waals surface area contributed by atoms with E-state index in [0.29, 0.717) is 37.6 Å². The van der Waals surface area contributed by atoms with E-state index in [0.717, 1.165) is 25.7 Å². The number of rotatable bonds is 6. The van der Waals surface area contributed by atoms with E-state index in [1.165, 1.54) is 0 Å². The van der Waals surface area contributed by atoms with E-state index in [9.17, 15) is 9.59 Å². The minimum atomic E-state index is -0.0611. The third-order valence-electron chi connectivity index (χ3n) is 5.08. The summed E-state index contributed by atoms with van der Waals surface area (Å²) in [5.41, 5.74) is 0. The Morgan fingerprint density at radius 2 is 1.92 bits per heavy atom. The summed E-state index contributed by atoms with van der Waals surface area (Å²) in [5.74, 6) is 1.25. The van der Waals surface area contributed by atoms with E-state index in [4.69, 9.17) is 9.26 Å². The van der Waals surface area contributed by atoms with E-state index >= 15 is 0 Å². The van der Waals surface area contributed by atoms with E-state index < -0.39 is 0 Å². The lowest BCUT2D eigenvalue weighted by Gasteiger charge is -2.33. The van der Waals surface area contributed by atoms with E-state index in [-0.39, 0.29) is 36.8 Å². The first-order valence-corrected chi connectivity index (χ1v) is 9.04. The van der Waals surface area contributed by atoms with Gasteiger partial charge in [0.25, 0.3) is 0 Å². The second kappa shape index (κ2) is 8.42. The lowest BCUT2D eigenvalue weighted by Crippen LogP contribution is -2.44. The molecule has 2 heterocycles. The number of likely N-dealkylation sites (tertiary alicyclic amines) is 1. The molecule has 2 aliphatic rings. The SMILES string of the molecule is COCc1noc(CNC(=O)C2CCN(C(=O)C3CCCC3)CC2)n1. The molecule has 1 saturated heterocycles. The Kier molecular flexibility index (Phi) is 6.01. The summed E-state index contributed by atoms with van der Waals surface area (Å²) >= 11 is 0. The zero-order valence-electron chi connectivity index (χ0n) is 14.7. The van der Waals surface area contributed by atoms with Crippen molar-refractivity contribution >= 4 is 11.8 Å². The molecular formula is C17H26N4O4. The Morgan fingerprint density at radius 1 is 1.20 bits per heavy atom. The topological polar surface area (TPSA) is 97.6 Å². The number of nitrogens with zero attached hydrogens (tertiary/aromatic N) is 3. The van der Waals surface area contributed by atoms with Crippen LogP contribution in [0.25, 0.3) is 0 Å². The number of nitrogens with one attached hydrogen (secondary N) is 1. The van der Waals surface area contributed by atoms with Crippen molar-refractivity contribution in [3.05, 3.63) is 11.7 Å². The van der Waals surface area contributed by atoms with Crippen LogP contribution in [0.5, 0.6) is 0 Å². The first-order chi connectivity index (χ1) is 12.2. The Balaban J connectivity index is 1.41. The standard InChI is InChI=1S/C17H26N4O4/c1-24-11-14-19-15(25-20-14)10-18-16(22)12-6-8-21(9-7-12)17(23)13-4-2-3-5-13/h12-13H,2-11H2,1H3,(H,18,22). The highest BCUT2D eigenvalue weighted by atomic mass is 16.5. The number of amides is 2. The number of hydrogen-bond donors (Lipinski definition) is 1. The molecule has 0 atom stereocenters. The molecule has 0 unspecified atom stereocenters. The average Bonchev–Trinajstić information content (AvgIpc) is 3.31. The molecule has 138 valence electrons. The van der Waals surface area contributed by atoms with Crippen molar-refractivity contribution < 1.29 is 18.8 Å². The highest BCUT2D eigenvalue weighted by Crippen LogP contribution is 2.28. The van der Waals surface area contributed by atoms with E-state index in [2.05, 4.69) is 15.5 Å². The Labute approximate surface area is 147 Å². The lowest BCUT2D eigenvalue weighted by molar-refractivity contribution is -0.139. The van der Waals surface area contributed by atoms with Crippen molar-refractivity contribution in [3.8, 4) is 0 Å². The summed E-state index contributed by atoms with van der Waals surface area (Å²) in [6, 6.07) is 0. The van der Waals surface area contributed by atoms with Gasteiger partial charge in [-0.3, -0.25) is 9.59 Å². The van der Waals surface area contributed by atoms with Gasteiger partial charge in [0, 0.05) is 32.0 Å². The number of hydrogen-bond acceptors (Lipinski definition) is 6. The Bertz CT molecular complexity index is 589. The smallest absolute Gasteiger partial charge is 0.246 e. The third kappa shape index (κ3) is 4.56. The quantitative estimate of drug-likeness (QED) is 0.829. The van der Waals surface area contributed by atoms with Crippen LogP contribution in [0.1, 0.15) is 50.2 Å². The summed E-state index contributed by atoms with van der Waals surface area (Å²) in [7, 11) is 1.56. The summed E-state index contributed by atoms with van der Waals surface area (Å²) in [6.45, 7) is 1.85. The number of carbonyl (C=O) groups excluding carboxylic acids is 2. The van der Waals surface area contributed by atoms with Crippen LogP contribution in [0.4, 0.5) is 0 Å². The van der Waals surface area contributed by atoms with Gasteiger partial charge < -0.3 is 19.5 Å². The van der Waals surface area contributed by atoms with Gasteiger partial charge in [-0.2, -0.15) is 4.98 Å². The number of ether oxygens (including phenoxy) is 1. The van der Waals surface area contributed by atoms with Crippen LogP contribution in [0.2, 0.25) is 0 Å². The molecule has 3 rings (SSSR count). The Morgan fingerprint density at radius 3 is 2.60 bits per heavy atom. The van der Waals surface area contributed by atoms with Crippen molar-refractivity contribution in [2.24, 2.45) is 11.8 Å². The minimum absolute atomic E-state index is 0.0144. The van der Waals surface area contributed by atoms with Crippen molar-refractivity contribution in [1.29, 1.82) is 0 Å². The zero-order valence-corrected chi connectivity index (χ0v) is 14.7. The Hall–Kier alpha value is -1.96. The molecule has 0 spiro atoms. The molecule has 1 aliphatic carbocycles. The maximum atomic E-state index is 12.4. The van der Waals surface area contributed by atoms with Crippen molar-refractivity contribution in [2.45, 2.75) is 51.7 Å². The van der Waals surface area contributed by atoms with Crippen molar-refractivity contribution in [3.63, 3.8) is 0 Å². The van der Waals surface area contributed by atoms with Gasteiger partial charge in [0.15, 0.2) is 5.82 Å². The molecule has 1 aromatic heterocycles. The molecule has 0 bridgehead atoms. The maximum absolute atomic E-state index is 12.4. The molecule has 2 fully saturated rings. The normalized spacial score (nSPS) is 19.3. The molecule has 8 nitrogen and oxygen atoms in total. The summed E-state index contributed by atoms with van der Waals surface area (Å²) < 4.78 is 9.98. The van der Waals surface area contributed by atoms with Crippen molar-refractivity contribution in [1.82, 2.24) is 20.4 Å². The highest BCUT2D eigenvalue weighted by Gasteiger charge is 2.31. The fourth-order valence-electron chi connectivity index (χ4n) is 3.65. The van der Waals surface area contributed by atoms with Gasteiger partial charge in [0.05, 0.1) is 6.54 Å². The van der Waals surface area contributed by atoms with Gasteiger partial charge in [-0.1, -0.05) is 18.0 Å². The highest BCUT2D eigenvalue weighted by molar-refractivity contribution is 5.81. The lowest BCUT2D eigenvalue weighted by atomic mass is 9.94. The first kappa shape index (κ1) is 17.8. The minimum Gasteiger partial charge on any atom is -0.377 e.